The maximum Gasteiger partial charge on any atom is 0.264 e. The fourth-order valence-electron chi connectivity index (χ4n) is 3.12. The number of nitrogens with one attached hydrogen (secondary N) is 2. The molecule has 35 heavy (non-hydrogen) atoms. The molecule has 0 unspecified atom stereocenters. The number of hydrogen-bond donors (Lipinski definition) is 2. The van der Waals surface area contributed by atoms with Crippen molar-refractivity contribution in [3.05, 3.63) is 78.4 Å². The summed E-state index contributed by atoms with van der Waals surface area (Å²) in [6, 6.07) is 19.0. The van der Waals surface area contributed by atoms with Crippen LogP contribution in [0, 0.1) is 0 Å². The summed E-state index contributed by atoms with van der Waals surface area (Å²) in [5, 5.41) is 5.21. The summed E-state index contributed by atoms with van der Waals surface area (Å²) in [5.74, 6) is 0.413. The monoisotopic (exact) mass is 497 g/mol. The summed E-state index contributed by atoms with van der Waals surface area (Å²) in [5.41, 5.74) is 1.45. The van der Waals surface area contributed by atoms with Crippen molar-refractivity contribution >= 4 is 33.2 Å². The first kappa shape index (κ1) is 25.6. The lowest BCUT2D eigenvalue weighted by atomic mass is 10.2. The highest BCUT2D eigenvalue weighted by Gasteiger charge is 2.21. The van der Waals surface area contributed by atoms with Gasteiger partial charge in [0.05, 0.1) is 17.2 Å². The standard InChI is InChI=1S/C25H27N3O6S/c1-4-33-21-13-15-23(16-14-21)35(31,32)28(3)20-9-11-22(12-10-20)34-17-24(29)27-19-7-5-18(6-8-19)25(30)26-2/h5-16H,4,17H2,1-3H3,(H,26,30)(H,27,29). The van der Waals surface area contributed by atoms with E-state index in [1.54, 1.807) is 67.7 Å². The minimum atomic E-state index is -3.76. The minimum absolute atomic E-state index is 0.142. The van der Waals surface area contributed by atoms with Gasteiger partial charge in [-0.25, -0.2) is 8.42 Å². The molecule has 0 aliphatic heterocycles. The average molecular weight is 498 g/mol. The Kier molecular flexibility index (Phi) is 8.32. The number of amides is 2. The normalized spacial score (nSPS) is 10.8. The van der Waals surface area contributed by atoms with E-state index in [0.29, 0.717) is 35.0 Å². The van der Waals surface area contributed by atoms with Gasteiger partial charge in [0.15, 0.2) is 6.61 Å². The molecule has 0 atom stereocenters. The van der Waals surface area contributed by atoms with Gasteiger partial charge in [-0.3, -0.25) is 13.9 Å². The van der Waals surface area contributed by atoms with Crippen molar-refractivity contribution in [3.63, 3.8) is 0 Å². The van der Waals surface area contributed by atoms with E-state index in [2.05, 4.69) is 10.6 Å². The van der Waals surface area contributed by atoms with Crippen LogP contribution in [0.15, 0.2) is 77.7 Å². The maximum atomic E-state index is 12.9. The summed E-state index contributed by atoms with van der Waals surface area (Å²) in [4.78, 5) is 23.9. The zero-order chi connectivity index (χ0) is 25.4. The molecule has 0 spiro atoms. The van der Waals surface area contributed by atoms with Crippen molar-refractivity contribution in [2.45, 2.75) is 11.8 Å². The Balaban J connectivity index is 1.57. The van der Waals surface area contributed by atoms with E-state index in [9.17, 15) is 18.0 Å². The second-order valence-electron chi connectivity index (χ2n) is 7.36. The van der Waals surface area contributed by atoms with Crippen LogP contribution in [-0.2, 0) is 14.8 Å². The van der Waals surface area contributed by atoms with Crippen LogP contribution in [0.25, 0.3) is 0 Å². The van der Waals surface area contributed by atoms with Crippen LogP contribution in [0.3, 0.4) is 0 Å². The molecule has 0 heterocycles. The third-order valence-corrected chi connectivity index (χ3v) is 6.82. The average Bonchev–Trinajstić information content (AvgIpc) is 2.88. The van der Waals surface area contributed by atoms with E-state index < -0.39 is 10.0 Å². The molecular formula is C25H27N3O6S. The van der Waals surface area contributed by atoms with Crippen molar-refractivity contribution in [2.24, 2.45) is 0 Å². The van der Waals surface area contributed by atoms with Gasteiger partial charge < -0.3 is 20.1 Å². The molecule has 184 valence electrons. The number of anilines is 2. The van der Waals surface area contributed by atoms with Crippen molar-refractivity contribution in [1.82, 2.24) is 5.32 Å². The summed E-state index contributed by atoms with van der Waals surface area (Å²) >= 11 is 0. The largest absolute Gasteiger partial charge is 0.494 e. The number of carbonyl (C=O) groups excluding carboxylic acids is 2. The fourth-order valence-corrected chi connectivity index (χ4v) is 4.31. The second-order valence-corrected chi connectivity index (χ2v) is 9.33. The Bertz CT molecular complexity index is 1260. The van der Waals surface area contributed by atoms with Gasteiger partial charge >= 0.3 is 0 Å². The molecule has 9 nitrogen and oxygen atoms in total. The van der Waals surface area contributed by atoms with Gasteiger partial charge in [-0.05, 0) is 79.7 Å². The van der Waals surface area contributed by atoms with Crippen LogP contribution in [-0.4, -0.2) is 47.5 Å². The summed E-state index contributed by atoms with van der Waals surface area (Å²) in [6.45, 7) is 2.11. The molecular weight excluding hydrogens is 470 g/mol. The van der Waals surface area contributed by atoms with Crippen molar-refractivity contribution < 1.29 is 27.5 Å². The highest BCUT2D eigenvalue weighted by Crippen LogP contribution is 2.25. The van der Waals surface area contributed by atoms with Crippen LogP contribution < -0.4 is 24.4 Å². The zero-order valence-electron chi connectivity index (χ0n) is 19.6. The van der Waals surface area contributed by atoms with Crippen LogP contribution in [0.1, 0.15) is 17.3 Å². The van der Waals surface area contributed by atoms with Crippen LogP contribution in [0.5, 0.6) is 11.5 Å². The maximum absolute atomic E-state index is 12.9. The van der Waals surface area contributed by atoms with Crippen LogP contribution in [0.2, 0.25) is 0 Å². The topological polar surface area (TPSA) is 114 Å². The Labute approximate surface area is 204 Å². The highest BCUT2D eigenvalue weighted by atomic mass is 32.2. The predicted octanol–water partition coefficient (Wildman–Crippen LogP) is 3.29. The van der Waals surface area contributed by atoms with Gasteiger partial charge in [0.2, 0.25) is 0 Å². The molecule has 0 saturated heterocycles. The Morgan fingerprint density at radius 1 is 0.857 bits per heavy atom. The first-order valence-electron chi connectivity index (χ1n) is 10.8. The summed E-state index contributed by atoms with van der Waals surface area (Å²) in [7, 11) is -0.754. The van der Waals surface area contributed by atoms with E-state index in [1.807, 2.05) is 6.92 Å². The van der Waals surface area contributed by atoms with E-state index in [1.165, 1.54) is 23.5 Å². The number of rotatable bonds is 10. The molecule has 3 aromatic carbocycles. The lowest BCUT2D eigenvalue weighted by molar-refractivity contribution is -0.118. The Morgan fingerprint density at radius 2 is 1.43 bits per heavy atom. The molecule has 0 aliphatic rings. The van der Waals surface area contributed by atoms with Crippen molar-refractivity contribution in [2.75, 3.05) is 36.9 Å². The van der Waals surface area contributed by atoms with Crippen LogP contribution >= 0.6 is 0 Å². The summed E-state index contributed by atoms with van der Waals surface area (Å²) < 4.78 is 37.9. The van der Waals surface area contributed by atoms with Gasteiger partial charge in [-0.1, -0.05) is 0 Å². The van der Waals surface area contributed by atoms with E-state index in [4.69, 9.17) is 9.47 Å². The SMILES string of the molecule is CCOc1ccc(S(=O)(=O)N(C)c2ccc(OCC(=O)Nc3ccc(C(=O)NC)cc3)cc2)cc1. The molecule has 2 amide bonds. The smallest absolute Gasteiger partial charge is 0.264 e. The first-order chi connectivity index (χ1) is 16.7. The number of ether oxygens (including phenoxy) is 2. The molecule has 0 aromatic heterocycles. The quantitative estimate of drug-likeness (QED) is 0.444. The molecule has 3 rings (SSSR count). The number of hydrogen-bond acceptors (Lipinski definition) is 6. The van der Waals surface area contributed by atoms with Crippen molar-refractivity contribution in [1.29, 1.82) is 0 Å². The number of nitrogens with zero attached hydrogens (tertiary/aromatic N) is 1. The van der Waals surface area contributed by atoms with E-state index in [-0.39, 0.29) is 23.3 Å². The molecule has 10 heteroatoms. The van der Waals surface area contributed by atoms with Crippen molar-refractivity contribution in [3.8, 4) is 11.5 Å². The predicted molar refractivity (Wildman–Crippen MR) is 134 cm³/mol. The van der Waals surface area contributed by atoms with Gasteiger partial charge in [-0.2, -0.15) is 0 Å². The van der Waals surface area contributed by atoms with Gasteiger partial charge in [0.1, 0.15) is 11.5 Å². The lowest BCUT2D eigenvalue weighted by Crippen LogP contribution is -2.26. The fraction of sp³-hybridized carbons (Fsp3) is 0.200. The van der Waals surface area contributed by atoms with Gasteiger partial charge in [0, 0.05) is 25.3 Å². The molecule has 0 bridgehead atoms. The third-order valence-electron chi connectivity index (χ3n) is 5.02. The lowest BCUT2D eigenvalue weighted by Gasteiger charge is -2.20. The van der Waals surface area contributed by atoms with E-state index >= 15 is 0 Å². The van der Waals surface area contributed by atoms with Crippen LogP contribution in [0.4, 0.5) is 11.4 Å². The van der Waals surface area contributed by atoms with Gasteiger partial charge in [-0.15, -0.1) is 0 Å². The molecule has 0 saturated carbocycles. The zero-order valence-corrected chi connectivity index (χ0v) is 20.5. The molecule has 0 fully saturated rings. The highest BCUT2D eigenvalue weighted by molar-refractivity contribution is 7.92. The minimum Gasteiger partial charge on any atom is -0.494 e. The Morgan fingerprint density at radius 3 is 2.00 bits per heavy atom. The third kappa shape index (κ3) is 6.51. The molecule has 3 aromatic rings. The number of carbonyl (C=O) groups is 2. The van der Waals surface area contributed by atoms with Gasteiger partial charge in [0.25, 0.3) is 21.8 Å². The Hall–Kier alpha value is -4.05. The molecule has 0 aliphatic carbocycles. The van der Waals surface area contributed by atoms with E-state index in [0.717, 1.165) is 0 Å². The second kappa shape index (κ2) is 11.4. The molecule has 2 N–H and O–H groups in total. The molecule has 0 radical (unpaired) electrons. The number of sulfonamides is 1. The number of benzene rings is 3. The first-order valence-corrected chi connectivity index (χ1v) is 12.2. The summed E-state index contributed by atoms with van der Waals surface area (Å²) in [6.07, 6.45) is 0.